The Kier molecular flexibility index (Phi) is 6.78. The SMILES string of the molecule is CC(Oc1ccc2ccccc2c1)C(=O)N/N=C/c1ccc(OCc2ccccc2)cc1. The predicted molar refractivity (Wildman–Crippen MR) is 127 cm³/mol. The van der Waals surface area contributed by atoms with E-state index in [1.165, 1.54) is 0 Å². The molecule has 0 aliphatic heterocycles. The molecule has 1 amide bonds. The number of benzene rings is 4. The average molecular weight is 425 g/mol. The van der Waals surface area contributed by atoms with Crippen molar-refractivity contribution in [2.24, 2.45) is 5.10 Å². The van der Waals surface area contributed by atoms with E-state index in [2.05, 4.69) is 10.5 Å². The van der Waals surface area contributed by atoms with Gasteiger partial charge < -0.3 is 9.47 Å². The summed E-state index contributed by atoms with van der Waals surface area (Å²) in [5, 5.41) is 6.22. The van der Waals surface area contributed by atoms with Gasteiger partial charge in [-0.3, -0.25) is 4.79 Å². The van der Waals surface area contributed by atoms with E-state index < -0.39 is 6.10 Å². The first-order chi connectivity index (χ1) is 15.7. The van der Waals surface area contributed by atoms with Gasteiger partial charge in [0, 0.05) is 0 Å². The lowest BCUT2D eigenvalue weighted by atomic mass is 10.1. The van der Waals surface area contributed by atoms with Gasteiger partial charge >= 0.3 is 0 Å². The lowest BCUT2D eigenvalue weighted by molar-refractivity contribution is -0.127. The third kappa shape index (κ3) is 5.73. The van der Waals surface area contributed by atoms with Crippen molar-refractivity contribution >= 4 is 22.9 Å². The lowest BCUT2D eigenvalue weighted by Gasteiger charge is -2.13. The molecule has 160 valence electrons. The van der Waals surface area contributed by atoms with Crippen molar-refractivity contribution in [2.45, 2.75) is 19.6 Å². The maximum Gasteiger partial charge on any atom is 0.280 e. The van der Waals surface area contributed by atoms with Crippen LogP contribution >= 0.6 is 0 Å². The molecule has 0 saturated heterocycles. The van der Waals surface area contributed by atoms with Crippen molar-refractivity contribution in [2.75, 3.05) is 0 Å². The van der Waals surface area contributed by atoms with Crippen molar-refractivity contribution < 1.29 is 14.3 Å². The molecule has 0 fully saturated rings. The van der Waals surface area contributed by atoms with Crippen molar-refractivity contribution in [3.05, 3.63) is 108 Å². The molecule has 4 rings (SSSR count). The third-order valence-electron chi connectivity index (χ3n) is 4.92. The summed E-state index contributed by atoms with van der Waals surface area (Å²) in [5.74, 6) is 1.09. The van der Waals surface area contributed by atoms with Crippen LogP contribution in [0.5, 0.6) is 11.5 Å². The Hall–Kier alpha value is -4.12. The minimum atomic E-state index is -0.679. The highest BCUT2D eigenvalue weighted by Gasteiger charge is 2.14. The molecule has 5 heteroatoms. The molecule has 1 atom stereocenters. The third-order valence-corrected chi connectivity index (χ3v) is 4.92. The standard InChI is InChI=1S/C27H24N2O3/c1-20(32-26-16-13-23-9-5-6-10-24(23)17-26)27(30)29-28-18-21-11-14-25(15-12-21)31-19-22-7-3-2-4-8-22/h2-18,20H,19H2,1H3,(H,29,30)/b28-18+. The molecule has 0 bridgehead atoms. The highest BCUT2D eigenvalue weighted by atomic mass is 16.5. The number of nitrogens with zero attached hydrogens (tertiary/aromatic N) is 1. The van der Waals surface area contributed by atoms with E-state index in [9.17, 15) is 4.79 Å². The molecule has 5 nitrogen and oxygen atoms in total. The molecular weight excluding hydrogens is 400 g/mol. The van der Waals surface area contributed by atoms with Gasteiger partial charge in [0.2, 0.25) is 0 Å². The molecule has 0 aliphatic carbocycles. The van der Waals surface area contributed by atoms with E-state index in [1.54, 1.807) is 13.1 Å². The van der Waals surface area contributed by atoms with Crippen LogP contribution in [0.4, 0.5) is 0 Å². The quantitative estimate of drug-likeness (QED) is 0.307. The summed E-state index contributed by atoms with van der Waals surface area (Å²) in [6, 6.07) is 31.3. The minimum absolute atomic E-state index is 0.322. The second-order valence-electron chi connectivity index (χ2n) is 7.35. The molecular formula is C27H24N2O3. The number of carbonyl (C=O) groups is 1. The van der Waals surface area contributed by atoms with Crippen LogP contribution in [0.25, 0.3) is 10.8 Å². The molecule has 0 saturated carbocycles. The van der Waals surface area contributed by atoms with Gasteiger partial charge in [0.1, 0.15) is 18.1 Å². The molecule has 1 unspecified atom stereocenters. The highest BCUT2D eigenvalue weighted by molar-refractivity contribution is 5.85. The second kappa shape index (κ2) is 10.3. The van der Waals surface area contributed by atoms with Crippen LogP contribution in [0, 0.1) is 0 Å². The first kappa shape index (κ1) is 21.1. The van der Waals surface area contributed by atoms with Gasteiger partial charge in [-0.1, -0.05) is 60.7 Å². The number of fused-ring (bicyclic) bond motifs is 1. The number of hydrazone groups is 1. The van der Waals surface area contributed by atoms with Gasteiger partial charge in [0.25, 0.3) is 5.91 Å². The Morgan fingerprint density at radius 2 is 1.56 bits per heavy atom. The summed E-state index contributed by atoms with van der Waals surface area (Å²) >= 11 is 0. The van der Waals surface area contributed by atoms with Gasteiger partial charge in [-0.05, 0) is 65.2 Å². The van der Waals surface area contributed by atoms with Gasteiger partial charge in [0.15, 0.2) is 6.10 Å². The zero-order valence-electron chi connectivity index (χ0n) is 17.8. The molecule has 0 radical (unpaired) electrons. The number of amides is 1. The monoisotopic (exact) mass is 424 g/mol. The van der Waals surface area contributed by atoms with Crippen LogP contribution in [-0.4, -0.2) is 18.2 Å². The Balaban J connectivity index is 1.26. The topological polar surface area (TPSA) is 59.9 Å². The summed E-state index contributed by atoms with van der Waals surface area (Å²) in [6.45, 7) is 2.21. The normalized spacial score (nSPS) is 11.9. The number of nitrogens with one attached hydrogen (secondary N) is 1. The van der Waals surface area contributed by atoms with Crippen LogP contribution < -0.4 is 14.9 Å². The van der Waals surface area contributed by atoms with Crippen LogP contribution in [0.3, 0.4) is 0 Å². The molecule has 4 aromatic carbocycles. The predicted octanol–water partition coefficient (Wildman–Crippen LogP) is 5.34. The maximum atomic E-state index is 12.3. The first-order valence-electron chi connectivity index (χ1n) is 10.4. The highest BCUT2D eigenvalue weighted by Crippen LogP contribution is 2.21. The van der Waals surface area contributed by atoms with E-state index in [1.807, 2.05) is 97.1 Å². The Labute approximate surface area is 187 Å². The first-order valence-corrected chi connectivity index (χ1v) is 10.4. The van der Waals surface area contributed by atoms with E-state index >= 15 is 0 Å². The zero-order chi connectivity index (χ0) is 22.2. The molecule has 0 aromatic heterocycles. The van der Waals surface area contributed by atoms with Crippen LogP contribution in [0.1, 0.15) is 18.1 Å². The summed E-state index contributed by atoms with van der Waals surface area (Å²) in [6.07, 6.45) is 0.906. The molecule has 0 aliphatic rings. The van der Waals surface area contributed by atoms with Gasteiger partial charge in [0.05, 0.1) is 6.21 Å². The van der Waals surface area contributed by atoms with Gasteiger partial charge in [-0.25, -0.2) is 5.43 Å². The number of rotatable bonds is 8. The summed E-state index contributed by atoms with van der Waals surface area (Å²) in [7, 11) is 0. The van der Waals surface area contributed by atoms with E-state index in [0.717, 1.165) is 27.6 Å². The summed E-state index contributed by atoms with van der Waals surface area (Å²) < 4.78 is 11.5. The van der Waals surface area contributed by atoms with E-state index in [4.69, 9.17) is 9.47 Å². The Morgan fingerprint density at radius 3 is 2.34 bits per heavy atom. The van der Waals surface area contributed by atoms with Crippen LogP contribution in [-0.2, 0) is 11.4 Å². The Bertz CT molecular complexity index is 1200. The fraction of sp³-hybridized carbons (Fsp3) is 0.111. The van der Waals surface area contributed by atoms with Crippen molar-refractivity contribution in [1.29, 1.82) is 0 Å². The molecule has 0 spiro atoms. The van der Waals surface area contributed by atoms with Crippen molar-refractivity contribution in [3.63, 3.8) is 0 Å². The lowest BCUT2D eigenvalue weighted by Crippen LogP contribution is -2.33. The number of hydrogen-bond acceptors (Lipinski definition) is 4. The fourth-order valence-corrected chi connectivity index (χ4v) is 3.15. The van der Waals surface area contributed by atoms with Crippen LogP contribution in [0.15, 0.2) is 102 Å². The smallest absolute Gasteiger partial charge is 0.280 e. The number of hydrogen-bond donors (Lipinski definition) is 1. The summed E-state index contributed by atoms with van der Waals surface area (Å²) in [4.78, 5) is 12.3. The van der Waals surface area contributed by atoms with Gasteiger partial charge in [-0.15, -0.1) is 0 Å². The number of ether oxygens (including phenoxy) is 2. The number of carbonyl (C=O) groups excluding carboxylic acids is 1. The second-order valence-corrected chi connectivity index (χ2v) is 7.35. The summed E-state index contributed by atoms with van der Waals surface area (Å²) in [5.41, 5.74) is 4.48. The molecule has 1 N–H and O–H groups in total. The Morgan fingerprint density at radius 1 is 0.875 bits per heavy atom. The van der Waals surface area contributed by atoms with Gasteiger partial charge in [-0.2, -0.15) is 5.10 Å². The molecule has 0 heterocycles. The zero-order valence-corrected chi connectivity index (χ0v) is 17.8. The fourth-order valence-electron chi connectivity index (χ4n) is 3.15. The van der Waals surface area contributed by atoms with Crippen molar-refractivity contribution in [3.8, 4) is 11.5 Å². The maximum absolute atomic E-state index is 12.3. The van der Waals surface area contributed by atoms with E-state index in [0.29, 0.717) is 12.4 Å². The average Bonchev–Trinajstić information content (AvgIpc) is 2.84. The minimum Gasteiger partial charge on any atom is -0.489 e. The van der Waals surface area contributed by atoms with Crippen molar-refractivity contribution in [1.82, 2.24) is 5.43 Å². The molecule has 32 heavy (non-hydrogen) atoms. The van der Waals surface area contributed by atoms with Crippen LogP contribution in [0.2, 0.25) is 0 Å². The largest absolute Gasteiger partial charge is 0.489 e. The van der Waals surface area contributed by atoms with E-state index in [-0.39, 0.29) is 5.91 Å². The molecule has 4 aromatic rings.